The van der Waals surface area contributed by atoms with Crippen molar-refractivity contribution in [3.63, 3.8) is 0 Å². The zero-order valence-electron chi connectivity index (χ0n) is 11.5. The van der Waals surface area contributed by atoms with E-state index in [1.165, 1.54) is 0 Å². The molecule has 0 N–H and O–H groups in total. The van der Waals surface area contributed by atoms with Gasteiger partial charge in [-0.2, -0.15) is 4.31 Å². The van der Waals surface area contributed by atoms with E-state index >= 15 is 0 Å². The van der Waals surface area contributed by atoms with Gasteiger partial charge in [0.2, 0.25) is 15.9 Å². The Morgan fingerprint density at radius 3 is 2.37 bits per heavy atom. The first-order valence-corrected chi connectivity index (χ1v) is 8.73. The van der Waals surface area contributed by atoms with Crippen molar-refractivity contribution in [2.24, 2.45) is 0 Å². The maximum atomic E-state index is 12.6. The molecule has 19 heavy (non-hydrogen) atoms. The predicted molar refractivity (Wildman–Crippen MR) is 72.1 cm³/mol. The molecule has 0 aromatic heterocycles. The van der Waals surface area contributed by atoms with E-state index in [1.807, 2.05) is 4.90 Å². The molecule has 1 aliphatic carbocycles. The molecule has 0 radical (unpaired) electrons. The Balaban J connectivity index is 1.87. The topological polar surface area (TPSA) is 57.7 Å². The number of hydrogen-bond acceptors (Lipinski definition) is 3. The molecule has 0 aromatic carbocycles. The van der Waals surface area contributed by atoms with Gasteiger partial charge in [0, 0.05) is 26.6 Å². The molecule has 2 saturated heterocycles. The summed E-state index contributed by atoms with van der Waals surface area (Å²) in [5.74, 6) is 0.0646. The summed E-state index contributed by atoms with van der Waals surface area (Å²) >= 11 is 0. The Labute approximate surface area is 115 Å². The average molecular weight is 286 g/mol. The Bertz CT molecular complexity index is 486. The highest BCUT2D eigenvalue weighted by Crippen LogP contribution is 2.43. The van der Waals surface area contributed by atoms with E-state index in [-0.39, 0.29) is 16.7 Å². The van der Waals surface area contributed by atoms with Gasteiger partial charge in [-0.3, -0.25) is 4.79 Å². The lowest BCUT2D eigenvalue weighted by Gasteiger charge is -2.45. The SMILES string of the molecule is CC(=O)N1CCCC2(CCCN2S(=O)(=O)C2CC2)C1. The summed E-state index contributed by atoms with van der Waals surface area (Å²) in [5.41, 5.74) is -0.300. The van der Waals surface area contributed by atoms with Crippen molar-refractivity contribution in [1.82, 2.24) is 9.21 Å². The molecular formula is C13H22N2O3S. The third-order valence-corrected chi connectivity index (χ3v) is 7.28. The van der Waals surface area contributed by atoms with Gasteiger partial charge in [0.15, 0.2) is 0 Å². The van der Waals surface area contributed by atoms with Gasteiger partial charge in [0.05, 0.1) is 10.8 Å². The van der Waals surface area contributed by atoms with Crippen LogP contribution in [0.4, 0.5) is 0 Å². The van der Waals surface area contributed by atoms with Crippen LogP contribution in [0.1, 0.15) is 45.4 Å². The second-order valence-corrected chi connectivity index (χ2v) is 8.33. The molecular weight excluding hydrogens is 264 g/mol. The second-order valence-electron chi connectivity index (χ2n) is 6.19. The van der Waals surface area contributed by atoms with Crippen LogP contribution in [0.5, 0.6) is 0 Å². The highest BCUT2D eigenvalue weighted by Gasteiger charge is 2.53. The fourth-order valence-corrected chi connectivity index (χ4v) is 5.90. The Hall–Kier alpha value is -0.620. The van der Waals surface area contributed by atoms with Crippen molar-refractivity contribution in [3.8, 4) is 0 Å². The predicted octanol–water partition coefficient (Wildman–Crippen LogP) is 0.956. The first-order chi connectivity index (χ1) is 8.96. The number of rotatable bonds is 2. The van der Waals surface area contributed by atoms with Gasteiger partial charge in [-0.25, -0.2) is 8.42 Å². The van der Waals surface area contributed by atoms with Crippen LogP contribution in [-0.4, -0.2) is 54.0 Å². The quantitative estimate of drug-likeness (QED) is 0.759. The molecule has 1 unspecified atom stereocenters. The van der Waals surface area contributed by atoms with Gasteiger partial charge < -0.3 is 4.90 Å². The van der Waals surface area contributed by atoms with Gasteiger partial charge in [0.1, 0.15) is 0 Å². The Morgan fingerprint density at radius 2 is 1.79 bits per heavy atom. The lowest BCUT2D eigenvalue weighted by Crippen LogP contribution is -2.58. The molecule has 1 amide bonds. The second kappa shape index (κ2) is 4.45. The fourth-order valence-electron chi connectivity index (χ4n) is 3.65. The monoisotopic (exact) mass is 286 g/mol. The summed E-state index contributed by atoms with van der Waals surface area (Å²) in [7, 11) is -3.13. The summed E-state index contributed by atoms with van der Waals surface area (Å²) in [6.07, 6.45) is 5.27. The molecule has 2 heterocycles. The molecule has 5 nitrogen and oxygen atoms in total. The molecule has 1 saturated carbocycles. The largest absolute Gasteiger partial charge is 0.341 e. The summed E-state index contributed by atoms with van der Waals surface area (Å²) in [6, 6.07) is 0. The first kappa shape index (κ1) is 13.4. The first-order valence-electron chi connectivity index (χ1n) is 7.23. The van der Waals surface area contributed by atoms with Crippen LogP contribution in [0.2, 0.25) is 0 Å². The molecule has 0 bridgehead atoms. The maximum absolute atomic E-state index is 12.6. The third-order valence-electron chi connectivity index (χ3n) is 4.79. The number of hydrogen-bond donors (Lipinski definition) is 0. The lowest BCUT2D eigenvalue weighted by atomic mass is 9.87. The normalized spacial score (nSPS) is 33.0. The molecule has 1 atom stereocenters. The van der Waals surface area contributed by atoms with E-state index in [4.69, 9.17) is 0 Å². The molecule has 3 fully saturated rings. The van der Waals surface area contributed by atoms with E-state index in [9.17, 15) is 13.2 Å². The van der Waals surface area contributed by atoms with Crippen LogP contribution in [0.15, 0.2) is 0 Å². The van der Waals surface area contributed by atoms with Crippen molar-refractivity contribution in [3.05, 3.63) is 0 Å². The lowest BCUT2D eigenvalue weighted by molar-refractivity contribution is -0.131. The number of nitrogens with zero attached hydrogens (tertiary/aromatic N) is 2. The van der Waals surface area contributed by atoms with Crippen LogP contribution in [0, 0.1) is 0 Å². The van der Waals surface area contributed by atoms with Crippen molar-refractivity contribution >= 4 is 15.9 Å². The standard InChI is InChI=1S/C13H22N2O3S/c1-11(16)14-8-2-6-13(10-14)7-3-9-15(13)19(17,18)12-4-5-12/h12H,2-10H2,1H3. The minimum absolute atomic E-state index is 0.0646. The molecule has 6 heteroatoms. The molecule has 1 spiro atoms. The third kappa shape index (κ3) is 2.18. The number of carbonyl (C=O) groups is 1. The molecule has 2 aliphatic heterocycles. The average Bonchev–Trinajstić information content (AvgIpc) is 3.14. The highest BCUT2D eigenvalue weighted by molar-refractivity contribution is 7.90. The van der Waals surface area contributed by atoms with Gasteiger partial charge in [0.25, 0.3) is 0 Å². The molecule has 0 aromatic rings. The van der Waals surface area contributed by atoms with E-state index in [2.05, 4.69) is 0 Å². The van der Waals surface area contributed by atoms with Gasteiger partial charge in [-0.15, -0.1) is 0 Å². The smallest absolute Gasteiger partial charge is 0.219 e. The number of amides is 1. The van der Waals surface area contributed by atoms with E-state index < -0.39 is 10.0 Å². The zero-order chi connectivity index (χ0) is 13.7. The molecule has 3 rings (SSSR count). The Kier molecular flexibility index (Phi) is 3.13. The molecule has 3 aliphatic rings. The van der Waals surface area contributed by atoms with E-state index in [1.54, 1.807) is 11.2 Å². The van der Waals surface area contributed by atoms with Crippen LogP contribution in [-0.2, 0) is 14.8 Å². The van der Waals surface area contributed by atoms with Crippen LogP contribution >= 0.6 is 0 Å². The zero-order valence-corrected chi connectivity index (χ0v) is 12.3. The Morgan fingerprint density at radius 1 is 1.16 bits per heavy atom. The van der Waals surface area contributed by atoms with Crippen LogP contribution in [0.25, 0.3) is 0 Å². The van der Waals surface area contributed by atoms with Crippen LogP contribution in [0.3, 0.4) is 0 Å². The van der Waals surface area contributed by atoms with Gasteiger partial charge in [-0.05, 0) is 38.5 Å². The van der Waals surface area contributed by atoms with E-state index in [0.717, 1.165) is 45.1 Å². The van der Waals surface area contributed by atoms with Crippen molar-refractivity contribution in [2.75, 3.05) is 19.6 Å². The fraction of sp³-hybridized carbons (Fsp3) is 0.923. The van der Waals surface area contributed by atoms with Crippen molar-refractivity contribution in [2.45, 2.75) is 56.2 Å². The summed E-state index contributed by atoms with van der Waals surface area (Å²) in [4.78, 5) is 13.4. The van der Waals surface area contributed by atoms with E-state index in [0.29, 0.717) is 13.1 Å². The van der Waals surface area contributed by atoms with Crippen molar-refractivity contribution in [1.29, 1.82) is 0 Å². The number of sulfonamides is 1. The van der Waals surface area contributed by atoms with Gasteiger partial charge >= 0.3 is 0 Å². The van der Waals surface area contributed by atoms with Gasteiger partial charge in [-0.1, -0.05) is 0 Å². The summed E-state index contributed by atoms with van der Waals surface area (Å²) in [6.45, 7) is 3.58. The number of carbonyl (C=O) groups excluding carboxylic acids is 1. The highest BCUT2D eigenvalue weighted by atomic mass is 32.2. The summed E-state index contributed by atoms with van der Waals surface area (Å²) < 4.78 is 26.9. The van der Waals surface area contributed by atoms with Crippen LogP contribution < -0.4 is 0 Å². The maximum Gasteiger partial charge on any atom is 0.219 e. The van der Waals surface area contributed by atoms with Crippen molar-refractivity contribution < 1.29 is 13.2 Å². The summed E-state index contributed by atoms with van der Waals surface area (Å²) in [5, 5.41) is -0.143. The number of likely N-dealkylation sites (tertiary alicyclic amines) is 1. The minimum atomic E-state index is -3.13. The minimum Gasteiger partial charge on any atom is -0.341 e. The molecule has 108 valence electrons. The number of piperidine rings is 1.